The van der Waals surface area contributed by atoms with Crippen LogP contribution < -0.4 is 10.6 Å². The zero-order valence-electron chi connectivity index (χ0n) is 8.09. The number of aromatic nitrogens is 2. The second-order valence-electron chi connectivity index (χ2n) is 3.42. The second-order valence-corrected chi connectivity index (χ2v) is 5.72. The zero-order valence-corrected chi connectivity index (χ0v) is 8.90. The Labute approximate surface area is 87.2 Å². The van der Waals surface area contributed by atoms with Gasteiger partial charge in [0.25, 0.3) is 0 Å². The van der Waals surface area contributed by atoms with Gasteiger partial charge in [0.2, 0.25) is 0 Å². The van der Waals surface area contributed by atoms with Crippen LogP contribution >= 0.6 is 0 Å². The Kier molecular flexibility index (Phi) is 2.51. The Morgan fingerprint density at radius 1 is 1.27 bits per heavy atom. The monoisotopic (exact) mass is 232 g/mol. The average molecular weight is 232 g/mol. The van der Waals surface area contributed by atoms with Gasteiger partial charge in [-0.3, -0.25) is 0 Å². The molecule has 1 saturated heterocycles. The molecule has 0 unspecified atom stereocenters. The van der Waals surface area contributed by atoms with Gasteiger partial charge in [0, 0.05) is 13.1 Å². The summed E-state index contributed by atoms with van der Waals surface area (Å²) in [6, 6.07) is 0.293. The molecular weight excluding hydrogens is 220 g/mol. The molecule has 0 radical (unpaired) electrons. The summed E-state index contributed by atoms with van der Waals surface area (Å²) < 4.78 is 27.7. The molecule has 0 saturated carbocycles. The second kappa shape index (κ2) is 3.69. The minimum Gasteiger partial charge on any atom is -0.390 e. The smallest absolute Gasteiger partial charge is 0.319 e. The van der Waals surface area contributed by atoms with Crippen LogP contribution in [0.15, 0.2) is 4.42 Å². The highest BCUT2D eigenvalue weighted by molar-refractivity contribution is 7.91. The molecule has 1 fully saturated rings. The molecule has 0 spiro atoms. The van der Waals surface area contributed by atoms with Crippen molar-refractivity contribution in [1.82, 2.24) is 10.2 Å². The normalized spacial score (nSPS) is 21.2. The molecule has 7 nitrogen and oxygen atoms in total. The highest BCUT2D eigenvalue weighted by atomic mass is 32.2. The van der Waals surface area contributed by atoms with Crippen LogP contribution in [0.2, 0.25) is 0 Å². The van der Waals surface area contributed by atoms with E-state index in [1.807, 2.05) is 0 Å². The molecule has 0 aromatic carbocycles. The van der Waals surface area contributed by atoms with E-state index in [0.717, 1.165) is 0 Å². The lowest BCUT2D eigenvalue weighted by Crippen LogP contribution is -2.26. The van der Waals surface area contributed by atoms with Crippen molar-refractivity contribution in [2.75, 3.05) is 35.2 Å². The van der Waals surface area contributed by atoms with Crippen molar-refractivity contribution in [3.8, 4) is 0 Å². The molecule has 0 bridgehead atoms. The summed E-state index contributed by atoms with van der Waals surface area (Å²) in [4.78, 5) is 1.74. The Morgan fingerprint density at radius 2 is 2.07 bits per heavy atom. The third-order valence-corrected chi connectivity index (χ3v) is 3.97. The highest BCUT2D eigenvalue weighted by Gasteiger charge is 2.22. The third kappa shape index (κ3) is 2.38. The van der Waals surface area contributed by atoms with Gasteiger partial charge in [-0.05, 0) is 6.42 Å². The fraction of sp³-hybridized carbons (Fsp3) is 0.714. The molecule has 2 rings (SSSR count). The van der Waals surface area contributed by atoms with E-state index < -0.39 is 9.84 Å². The van der Waals surface area contributed by atoms with E-state index in [9.17, 15) is 8.42 Å². The Bertz CT molecular complexity index is 441. The molecule has 1 aliphatic rings. The van der Waals surface area contributed by atoms with Gasteiger partial charge in [0.1, 0.15) is 0 Å². The van der Waals surface area contributed by atoms with Crippen molar-refractivity contribution >= 4 is 21.9 Å². The maximum Gasteiger partial charge on any atom is 0.319 e. The van der Waals surface area contributed by atoms with Crippen LogP contribution in [-0.2, 0) is 9.84 Å². The first kappa shape index (κ1) is 10.2. The lowest BCUT2D eigenvalue weighted by Gasteiger charge is -2.15. The minimum absolute atomic E-state index is 0.00268. The van der Waals surface area contributed by atoms with E-state index in [4.69, 9.17) is 10.2 Å². The summed E-state index contributed by atoms with van der Waals surface area (Å²) in [6.07, 6.45) is 0.574. The molecular formula is C7H12N4O3S. The van der Waals surface area contributed by atoms with Crippen molar-refractivity contribution in [2.24, 2.45) is 0 Å². The molecule has 8 heteroatoms. The van der Waals surface area contributed by atoms with Gasteiger partial charge in [0.05, 0.1) is 11.5 Å². The van der Waals surface area contributed by atoms with Crippen molar-refractivity contribution < 1.29 is 12.8 Å². The molecule has 1 aliphatic heterocycles. The fourth-order valence-corrected chi connectivity index (χ4v) is 2.76. The molecule has 2 heterocycles. The predicted molar refractivity (Wildman–Crippen MR) is 54.2 cm³/mol. The predicted octanol–water partition coefficient (Wildman–Crippen LogP) is -0.723. The van der Waals surface area contributed by atoms with E-state index in [0.29, 0.717) is 25.5 Å². The van der Waals surface area contributed by atoms with Gasteiger partial charge in [-0.2, -0.15) is 0 Å². The molecule has 15 heavy (non-hydrogen) atoms. The molecule has 2 N–H and O–H groups in total. The van der Waals surface area contributed by atoms with Gasteiger partial charge in [-0.1, -0.05) is 10.2 Å². The average Bonchev–Trinajstić information content (AvgIpc) is 2.49. The van der Waals surface area contributed by atoms with Crippen LogP contribution in [0.4, 0.5) is 12.0 Å². The first-order chi connectivity index (χ1) is 7.07. The summed E-state index contributed by atoms with van der Waals surface area (Å²) in [5.74, 6) is 0.336. The highest BCUT2D eigenvalue weighted by Crippen LogP contribution is 2.16. The molecule has 84 valence electrons. The Balaban J connectivity index is 2.12. The van der Waals surface area contributed by atoms with Gasteiger partial charge >= 0.3 is 12.0 Å². The number of anilines is 2. The summed E-state index contributed by atoms with van der Waals surface area (Å²) in [6.45, 7) is 0.977. The first-order valence-electron chi connectivity index (χ1n) is 4.61. The standard InChI is InChI=1S/C7H12N4O3S/c8-6-9-10-7(14-6)11-2-1-4-15(12,13)5-3-11/h1-5H2,(H2,8,9). The fourth-order valence-electron chi connectivity index (χ4n) is 1.48. The van der Waals surface area contributed by atoms with Crippen LogP contribution in [0, 0.1) is 0 Å². The first-order valence-corrected chi connectivity index (χ1v) is 6.43. The number of hydrogen-bond donors (Lipinski definition) is 1. The molecule has 1 aromatic rings. The topological polar surface area (TPSA) is 102 Å². The quantitative estimate of drug-likeness (QED) is 0.681. The molecule has 0 amide bonds. The number of nitrogens with two attached hydrogens (primary N) is 1. The molecule has 0 aliphatic carbocycles. The van der Waals surface area contributed by atoms with Crippen LogP contribution in [0.25, 0.3) is 0 Å². The maximum atomic E-state index is 11.3. The maximum absolute atomic E-state index is 11.3. The minimum atomic E-state index is -2.92. The van der Waals surface area contributed by atoms with Crippen LogP contribution in [-0.4, -0.2) is 43.2 Å². The van der Waals surface area contributed by atoms with Gasteiger partial charge in [-0.25, -0.2) is 8.42 Å². The van der Waals surface area contributed by atoms with Crippen molar-refractivity contribution in [3.63, 3.8) is 0 Å². The molecule has 0 atom stereocenters. The molecule has 1 aromatic heterocycles. The summed E-state index contributed by atoms with van der Waals surface area (Å²) >= 11 is 0. The van der Waals surface area contributed by atoms with Gasteiger partial charge < -0.3 is 15.1 Å². The Morgan fingerprint density at radius 3 is 2.73 bits per heavy atom. The number of sulfone groups is 1. The lowest BCUT2D eigenvalue weighted by atomic mass is 10.4. The number of hydrogen-bond acceptors (Lipinski definition) is 7. The zero-order chi connectivity index (χ0) is 10.9. The number of nitrogen functional groups attached to an aromatic ring is 1. The van der Waals surface area contributed by atoms with Crippen LogP contribution in [0.1, 0.15) is 6.42 Å². The van der Waals surface area contributed by atoms with Crippen LogP contribution in [0.3, 0.4) is 0 Å². The summed E-state index contributed by atoms with van der Waals surface area (Å²) in [7, 11) is -2.92. The number of rotatable bonds is 1. The van der Waals surface area contributed by atoms with Gasteiger partial charge in [0.15, 0.2) is 9.84 Å². The van der Waals surface area contributed by atoms with Crippen LogP contribution in [0.5, 0.6) is 0 Å². The summed E-state index contributed by atoms with van der Waals surface area (Å²) in [5.41, 5.74) is 5.29. The van der Waals surface area contributed by atoms with E-state index in [-0.39, 0.29) is 17.5 Å². The Hall–Kier alpha value is -1.31. The summed E-state index contributed by atoms with van der Waals surface area (Å²) in [5, 5.41) is 7.25. The SMILES string of the molecule is Nc1nnc(N2CCCS(=O)(=O)CC2)o1. The third-order valence-electron chi connectivity index (χ3n) is 2.26. The van der Waals surface area contributed by atoms with Crippen molar-refractivity contribution in [1.29, 1.82) is 0 Å². The largest absolute Gasteiger partial charge is 0.390 e. The van der Waals surface area contributed by atoms with E-state index in [1.54, 1.807) is 4.90 Å². The van der Waals surface area contributed by atoms with E-state index in [2.05, 4.69) is 10.2 Å². The van der Waals surface area contributed by atoms with Gasteiger partial charge in [-0.15, -0.1) is 0 Å². The lowest BCUT2D eigenvalue weighted by molar-refractivity contribution is 0.551. The van der Waals surface area contributed by atoms with E-state index in [1.165, 1.54) is 0 Å². The number of nitrogens with zero attached hydrogens (tertiary/aromatic N) is 3. The van der Waals surface area contributed by atoms with Crippen molar-refractivity contribution in [3.05, 3.63) is 0 Å². The van der Waals surface area contributed by atoms with E-state index >= 15 is 0 Å². The van der Waals surface area contributed by atoms with Crippen molar-refractivity contribution in [2.45, 2.75) is 6.42 Å².